The highest BCUT2D eigenvalue weighted by Crippen LogP contribution is 2.24. The molecule has 2 rings (SSSR count). The maximum Gasteiger partial charge on any atom is 0.261 e. The third kappa shape index (κ3) is 2.13. The van der Waals surface area contributed by atoms with Crippen LogP contribution in [0, 0.1) is 0 Å². The predicted octanol–water partition coefficient (Wildman–Crippen LogP) is 2.81. The average molecular weight is 256 g/mol. The molecule has 5 heteroatoms. The van der Waals surface area contributed by atoms with Crippen molar-refractivity contribution in [2.75, 3.05) is 12.4 Å². The molecule has 0 saturated carbocycles. The number of fused-ring (bicyclic) bond motifs is 1. The van der Waals surface area contributed by atoms with Crippen molar-refractivity contribution in [1.82, 2.24) is 0 Å². The van der Waals surface area contributed by atoms with E-state index in [0.29, 0.717) is 0 Å². The van der Waals surface area contributed by atoms with E-state index in [-0.39, 0.29) is 4.90 Å². The van der Waals surface area contributed by atoms with E-state index in [1.807, 2.05) is 25.2 Å². The normalized spacial score (nSPS) is 11.6. The van der Waals surface area contributed by atoms with Crippen LogP contribution in [0.5, 0.6) is 0 Å². The van der Waals surface area contributed by atoms with Crippen molar-refractivity contribution in [2.24, 2.45) is 0 Å². The Labute approximate surface area is 98.5 Å². The lowest BCUT2D eigenvalue weighted by Gasteiger charge is -2.04. The maximum absolute atomic E-state index is 11.2. The van der Waals surface area contributed by atoms with Gasteiger partial charge in [-0.15, -0.1) is 0 Å². The Hall–Kier alpha value is -1.26. The van der Waals surface area contributed by atoms with Gasteiger partial charge >= 0.3 is 0 Å². The van der Waals surface area contributed by atoms with Crippen LogP contribution in [0.25, 0.3) is 10.8 Å². The van der Waals surface area contributed by atoms with E-state index >= 15 is 0 Å². The average Bonchev–Trinajstić information content (AvgIpc) is 2.26. The Bertz CT molecular complexity index is 637. The van der Waals surface area contributed by atoms with Crippen LogP contribution < -0.4 is 5.32 Å². The van der Waals surface area contributed by atoms with Crippen molar-refractivity contribution in [1.29, 1.82) is 0 Å². The third-order valence-corrected chi connectivity index (χ3v) is 3.73. The number of hydrogen-bond donors (Lipinski definition) is 1. The van der Waals surface area contributed by atoms with E-state index in [9.17, 15) is 8.42 Å². The summed E-state index contributed by atoms with van der Waals surface area (Å²) in [7, 11) is 3.44. The number of rotatable bonds is 2. The van der Waals surface area contributed by atoms with Crippen molar-refractivity contribution in [3.05, 3.63) is 36.4 Å². The molecule has 0 fully saturated rings. The van der Waals surface area contributed by atoms with E-state index in [1.54, 1.807) is 12.1 Å². The number of halogens is 1. The van der Waals surface area contributed by atoms with E-state index in [4.69, 9.17) is 10.7 Å². The molecular weight excluding hydrogens is 246 g/mol. The Morgan fingerprint density at radius 2 is 1.75 bits per heavy atom. The fourth-order valence-electron chi connectivity index (χ4n) is 1.53. The maximum atomic E-state index is 11.2. The van der Waals surface area contributed by atoms with Gasteiger partial charge in [0.05, 0.1) is 4.90 Å². The number of hydrogen-bond acceptors (Lipinski definition) is 3. The lowest BCUT2D eigenvalue weighted by molar-refractivity contribution is 0.609. The minimum Gasteiger partial charge on any atom is -0.388 e. The van der Waals surface area contributed by atoms with Gasteiger partial charge in [0.25, 0.3) is 9.05 Å². The van der Waals surface area contributed by atoms with Gasteiger partial charge in [0.15, 0.2) is 0 Å². The predicted molar refractivity (Wildman–Crippen MR) is 66.5 cm³/mol. The lowest BCUT2D eigenvalue weighted by Crippen LogP contribution is -1.91. The zero-order chi connectivity index (χ0) is 11.8. The molecule has 3 nitrogen and oxygen atoms in total. The summed E-state index contributed by atoms with van der Waals surface area (Å²) in [5.41, 5.74) is 0.927. The van der Waals surface area contributed by atoms with Crippen LogP contribution in [0.15, 0.2) is 41.3 Å². The molecule has 0 aliphatic rings. The van der Waals surface area contributed by atoms with Gasteiger partial charge in [0.2, 0.25) is 0 Å². The van der Waals surface area contributed by atoms with Crippen LogP contribution in [-0.2, 0) is 9.05 Å². The van der Waals surface area contributed by atoms with Gasteiger partial charge in [0.1, 0.15) is 0 Å². The topological polar surface area (TPSA) is 46.2 Å². The van der Waals surface area contributed by atoms with Crippen molar-refractivity contribution in [2.45, 2.75) is 4.90 Å². The first kappa shape index (κ1) is 11.2. The lowest BCUT2D eigenvalue weighted by atomic mass is 10.1. The van der Waals surface area contributed by atoms with Crippen LogP contribution in [-0.4, -0.2) is 15.5 Å². The number of anilines is 1. The van der Waals surface area contributed by atoms with E-state index in [1.165, 1.54) is 6.07 Å². The van der Waals surface area contributed by atoms with Crippen molar-refractivity contribution < 1.29 is 8.42 Å². The van der Waals surface area contributed by atoms with Gasteiger partial charge in [-0.05, 0) is 35.0 Å². The molecule has 1 N–H and O–H groups in total. The number of benzene rings is 2. The molecule has 0 aliphatic carbocycles. The Kier molecular flexibility index (Phi) is 2.78. The Morgan fingerprint density at radius 1 is 1.06 bits per heavy atom. The second-order valence-corrected chi connectivity index (χ2v) is 5.98. The molecule has 0 heterocycles. The van der Waals surface area contributed by atoms with Crippen molar-refractivity contribution in [3.63, 3.8) is 0 Å². The van der Waals surface area contributed by atoms with Crippen molar-refractivity contribution >= 4 is 36.2 Å². The minimum atomic E-state index is -3.66. The van der Waals surface area contributed by atoms with E-state index in [0.717, 1.165) is 16.5 Å². The van der Waals surface area contributed by atoms with Crippen LogP contribution in [0.4, 0.5) is 5.69 Å². The third-order valence-electron chi connectivity index (χ3n) is 2.38. The summed E-state index contributed by atoms with van der Waals surface area (Å²) in [6.45, 7) is 0. The zero-order valence-corrected chi connectivity index (χ0v) is 10.1. The zero-order valence-electron chi connectivity index (χ0n) is 8.57. The first-order valence-electron chi connectivity index (χ1n) is 4.67. The monoisotopic (exact) mass is 255 g/mol. The second-order valence-electron chi connectivity index (χ2n) is 3.41. The molecule has 0 atom stereocenters. The van der Waals surface area contributed by atoms with E-state index < -0.39 is 9.05 Å². The molecule has 2 aromatic carbocycles. The molecule has 0 amide bonds. The summed E-state index contributed by atoms with van der Waals surface area (Å²) in [4.78, 5) is 0.120. The molecular formula is C11H10ClNO2S. The van der Waals surface area contributed by atoms with Crippen LogP contribution in [0.2, 0.25) is 0 Å². The van der Waals surface area contributed by atoms with Gasteiger partial charge in [-0.25, -0.2) is 8.42 Å². The summed E-state index contributed by atoms with van der Waals surface area (Å²) >= 11 is 0. The molecule has 84 valence electrons. The summed E-state index contributed by atoms with van der Waals surface area (Å²) < 4.78 is 22.4. The van der Waals surface area contributed by atoms with Gasteiger partial charge in [-0.1, -0.05) is 12.1 Å². The van der Waals surface area contributed by atoms with Gasteiger partial charge < -0.3 is 5.32 Å². The summed E-state index contributed by atoms with van der Waals surface area (Å²) in [5, 5.41) is 4.81. The molecule has 0 aromatic heterocycles. The van der Waals surface area contributed by atoms with Crippen molar-refractivity contribution in [3.8, 4) is 0 Å². The largest absolute Gasteiger partial charge is 0.388 e. The molecule has 0 bridgehead atoms. The molecule has 2 aromatic rings. The fourth-order valence-corrected chi connectivity index (χ4v) is 2.32. The molecule has 0 spiro atoms. The summed E-state index contributed by atoms with van der Waals surface area (Å²) in [6, 6.07) is 10.5. The van der Waals surface area contributed by atoms with Gasteiger partial charge in [0, 0.05) is 23.4 Å². The highest BCUT2D eigenvalue weighted by atomic mass is 35.7. The Morgan fingerprint density at radius 3 is 2.38 bits per heavy atom. The number of nitrogens with one attached hydrogen (secondary N) is 1. The van der Waals surface area contributed by atoms with Crippen LogP contribution in [0.1, 0.15) is 0 Å². The van der Waals surface area contributed by atoms with E-state index in [2.05, 4.69) is 5.32 Å². The quantitative estimate of drug-likeness (QED) is 0.840. The molecule has 16 heavy (non-hydrogen) atoms. The smallest absolute Gasteiger partial charge is 0.261 e. The Balaban J connectivity index is 2.69. The second kappa shape index (κ2) is 3.96. The molecule has 0 aliphatic heterocycles. The standard InChI is InChI=1S/C11H10ClNO2S/c1-13-10-4-2-8-3-5-11(16(12,14)15)7-9(8)6-10/h2-7,13H,1H3. The minimum absolute atomic E-state index is 0.120. The van der Waals surface area contributed by atoms with Crippen LogP contribution in [0.3, 0.4) is 0 Å². The van der Waals surface area contributed by atoms with Gasteiger partial charge in [-0.2, -0.15) is 0 Å². The van der Waals surface area contributed by atoms with Crippen LogP contribution >= 0.6 is 10.7 Å². The summed E-state index contributed by atoms with van der Waals surface area (Å²) in [6.07, 6.45) is 0. The first-order valence-corrected chi connectivity index (χ1v) is 6.98. The first-order chi connectivity index (χ1) is 7.50. The highest BCUT2D eigenvalue weighted by Gasteiger charge is 2.10. The summed E-state index contributed by atoms with van der Waals surface area (Å²) in [5.74, 6) is 0. The SMILES string of the molecule is CNc1ccc2ccc(S(=O)(=O)Cl)cc2c1. The molecule has 0 unspecified atom stereocenters. The van der Waals surface area contributed by atoms with Gasteiger partial charge in [-0.3, -0.25) is 0 Å². The molecule has 0 saturated heterocycles. The fraction of sp³-hybridized carbons (Fsp3) is 0.0909. The molecule has 0 radical (unpaired) electrons. The highest BCUT2D eigenvalue weighted by molar-refractivity contribution is 8.13.